The molecule has 11 heavy (non-hydrogen) atoms. The average Bonchev–Trinajstić information content (AvgIpc) is 1.89. The number of thiol groups is 1. The van der Waals surface area contributed by atoms with Gasteiger partial charge in [0.05, 0.1) is 6.54 Å². The summed E-state index contributed by atoms with van der Waals surface area (Å²) in [5.74, 6) is 1.60. The van der Waals surface area contributed by atoms with Crippen LogP contribution in [-0.4, -0.2) is 29.4 Å². The van der Waals surface area contributed by atoms with E-state index >= 15 is 0 Å². The SMILES string of the molecule is C#CCNC(CS)C(=O)O.S. The zero-order chi connectivity index (χ0) is 7.98. The Balaban J connectivity index is 0. The fraction of sp³-hybridized carbons (Fsp3) is 0.500. The largest absolute Gasteiger partial charge is 0.480 e. The highest BCUT2D eigenvalue weighted by atomic mass is 32.1. The smallest absolute Gasteiger partial charge is 0.321 e. The molecule has 0 rings (SSSR count). The van der Waals surface area contributed by atoms with E-state index in [1.165, 1.54) is 0 Å². The normalized spacial score (nSPS) is 10.9. The van der Waals surface area contributed by atoms with Gasteiger partial charge in [0.25, 0.3) is 0 Å². The minimum absolute atomic E-state index is 0. The molecule has 5 heteroatoms. The molecule has 0 saturated heterocycles. The van der Waals surface area contributed by atoms with E-state index in [1.807, 2.05) is 0 Å². The number of aliphatic carboxylic acids is 1. The molecule has 0 spiro atoms. The maximum absolute atomic E-state index is 10.3. The second-order valence-corrected chi connectivity index (χ2v) is 2.02. The Kier molecular flexibility index (Phi) is 9.42. The average molecular weight is 193 g/mol. The summed E-state index contributed by atoms with van der Waals surface area (Å²) in [5, 5.41) is 11.0. The first kappa shape index (κ1) is 13.3. The number of rotatable bonds is 4. The van der Waals surface area contributed by atoms with Crippen molar-refractivity contribution in [2.45, 2.75) is 6.04 Å². The number of carboxylic acid groups (broad SMARTS) is 1. The molecule has 0 radical (unpaired) electrons. The fourth-order valence-corrected chi connectivity index (χ4v) is 0.697. The third kappa shape index (κ3) is 6.10. The van der Waals surface area contributed by atoms with Crippen LogP contribution in [-0.2, 0) is 4.79 Å². The minimum atomic E-state index is -0.926. The van der Waals surface area contributed by atoms with Gasteiger partial charge in [0.1, 0.15) is 6.04 Å². The second kappa shape index (κ2) is 7.79. The molecular weight excluding hydrogens is 182 g/mol. The number of hydrogen-bond donors (Lipinski definition) is 3. The lowest BCUT2D eigenvalue weighted by atomic mass is 10.3. The first-order chi connectivity index (χ1) is 4.72. The molecule has 1 unspecified atom stereocenters. The lowest BCUT2D eigenvalue weighted by Crippen LogP contribution is -2.38. The monoisotopic (exact) mass is 193 g/mol. The molecule has 0 aromatic carbocycles. The van der Waals surface area contributed by atoms with Crippen LogP contribution in [0.1, 0.15) is 0 Å². The molecule has 0 aliphatic carbocycles. The molecular formula is C6H11NO2S2. The van der Waals surface area contributed by atoms with Crippen LogP contribution in [0.5, 0.6) is 0 Å². The summed E-state index contributed by atoms with van der Waals surface area (Å²) in [6.45, 7) is 0.261. The van der Waals surface area contributed by atoms with Gasteiger partial charge in [-0.15, -0.1) is 6.42 Å². The van der Waals surface area contributed by atoms with Crippen molar-refractivity contribution in [3.8, 4) is 12.3 Å². The van der Waals surface area contributed by atoms with E-state index < -0.39 is 12.0 Å². The topological polar surface area (TPSA) is 49.3 Å². The number of terminal acetylenes is 1. The maximum atomic E-state index is 10.3. The molecule has 2 N–H and O–H groups in total. The molecule has 0 bridgehead atoms. The molecule has 0 aromatic heterocycles. The second-order valence-electron chi connectivity index (χ2n) is 1.66. The summed E-state index contributed by atoms with van der Waals surface area (Å²) >= 11 is 3.82. The molecule has 0 heterocycles. The Labute approximate surface area is 78.4 Å². The molecule has 0 aliphatic heterocycles. The predicted octanol–water partition coefficient (Wildman–Crippen LogP) is -0.295. The highest BCUT2D eigenvalue weighted by Crippen LogP contribution is 1.86. The Morgan fingerprint density at radius 3 is 2.64 bits per heavy atom. The quantitative estimate of drug-likeness (QED) is 0.424. The van der Waals surface area contributed by atoms with E-state index in [9.17, 15) is 4.79 Å². The molecule has 0 aliphatic rings. The van der Waals surface area contributed by atoms with Gasteiger partial charge < -0.3 is 5.11 Å². The molecule has 64 valence electrons. The van der Waals surface area contributed by atoms with Crippen LogP contribution >= 0.6 is 26.1 Å². The van der Waals surface area contributed by atoms with Gasteiger partial charge in [0.2, 0.25) is 0 Å². The van der Waals surface area contributed by atoms with E-state index in [-0.39, 0.29) is 25.8 Å². The van der Waals surface area contributed by atoms with Crippen LogP contribution in [0.4, 0.5) is 0 Å². The van der Waals surface area contributed by atoms with E-state index in [4.69, 9.17) is 11.5 Å². The third-order valence-electron chi connectivity index (χ3n) is 0.931. The van der Waals surface area contributed by atoms with Crippen LogP contribution < -0.4 is 5.32 Å². The molecule has 0 fully saturated rings. The summed E-state index contributed by atoms with van der Waals surface area (Å²) in [6, 6.07) is -0.639. The summed E-state index contributed by atoms with van der Waals surface area (Å²) in [6.07, 6.45) is 4.90. The molecule has 1 atom stereocenters. The number of carbonyl (C=O) groups is 1. The molecule has 3 nitrogen and oxygen atoms in total. The van der Waals surface area contributed by atoms with Gasteiger partial charge in [0.15, 0.2) is 0 Å². The van der Waals surface area contributed by atoms with Crippen molar-refractivity contribution in [3.05, 3.63) is 0 Å². The van der Waals surface area contributed by atoms with Gasteiger partial charge in [-0.2, -0.15) is 26.1 Å². The van der Waals surface area contributed by atoms with Gasteiger partial charge in [0, 0.05) is 5.75 Å². The zero-order valence-corrected chi connectivity index (χ0v) is 7.77. The maximum Gasteiger partial charge on any atom is 0.321 e. The van der Waals surface area contributed by atoms with E-state index in [2.05, 4.69) is 23.9 Å². The van der Waals surface area contributed by atoms with Crippen LogP contribution in [0.15, 0.2) is 0 Å². The third-order valence-corrected chi connectivity index (χ3v) is 1.30. The first-order valence-electron chi connectivity index (χ1n) is 2.73. The van der Waals surface area contributed by atoms with Crippen LogP contribution in [0.3, 0.4) is 0 Å². The van der Waals surface area contributed by atoms with Crippen molar-refractivity contribution in [3.63, 3.8) is 0 Å². The van der Waals surface area contributed by atoms with Gasteiger partial charge in [-0.3, -0.25) is 10.1 Å². The van der Waals surface area contributed by atoms with Crippen molar-refractivity contribution in [1.82, 2.24) is 5.32 Å². The van der Waals surface area contributed by atoms with Crippen molar-refractivity contribution in [2.24, 2.45) is 0 Å². The van der Waals surface area contributed by atoms with Crippen LogP contribution in [0, 0.1) is 12.3 Å². The van der Waals surface area contributed by atoms with E-state index in [0.717, 1.165) is 0 Å². The molecule has 0 amide bonds. The Bertz CT molecular complexity index is 155. The van der Waals surface area contributed by atoms with Crippen molar-refractivity contribution in [1.29, 1.82) is 0 Å². The Hall–Kier alpha value is -0.310. The van der Waals surface area contributed by atoms with Crippen molar-refractivity contribution < 1.29 is 9.90 Å². The first-order valence-corrected chi connectivity index (χ1v) is 3.36. The summed E-state index contributed by atoms with van der Waals surface area (Å²) in [5.41, 5.74) is 0. The zero-order valence-electron chi connectivity index (χ0n) is 5.87. The van der Waals surface area contributed by atoms with Gasteiger partial charge in [-0.25, -0.2) is 0 Å². The number of nitrogens with one attached hydrogen (secondary N) is 1. The predicted molar refractivity (Wildman–Crippen MR) is 52.5 cm³/mol. The molecule has 0 saturated carbocycles. The highest BCUT2D eigenvalue weighted by Gasteiger charge is 2.12. The summed E-state index contributed by atoms with van der Waals surface area (Å²) in [4.78, 5) is 10.3. The van der Waals surface area contributed by atoms with Crippen molar-refractivity contribution in [2.75, 3.05) is 12.3 Å². The lowest BCUT2D eigenvalue weighted by Gasteiger charge is -2.07. The number of hydrogen-bond acceptors (Lipinski definition) is 3. The van der Waals surface area contributed by atoms with Gasteiger partial charge in [-0.1, -0.05) is 5.92 Å². The lowest BCUT2D eigenvalue weighted by molar-refractivity contribution is -0.138. The Morgan fingerprint density at radius 2 is 2.36 bits per heavy atom. The standard InChI is InChI=1S/C6H9NO2S.H2S/c1-2-3-7-5(4-10)6(8)9;/h1,5,7,10H,3-4H2,(H,8,9);1H2. The highest BCUT2D eigenvalue weighted by molar-refractivity contribution is 7.80. The van der Waals surface area contributed by atoms with Crippen LogP contribution in [0.2, 0.25) is 0 Å². The minimum Gasteiger partial charge on any atom is -0.480 e. The van der Waals surface area contributed by atoms with Gasteiger partial charge >= 0.3 is 5.97 Å². The van der Waals surface area contributed by atoms with Crippen LogP contribution in [0.25, 0.3) is 0 Å². The van der Waals surface area contributed by atoms with E-state index in [1.54, 1.807) is 0 Å². The van der Waals surface area contributed by atoms with Gasteiger partial charge in [-0.05, 0) is 0 Å². The summed E-state index contributed by atoms with van der Waals surface area (Å²) in [7, 11) is 0. The Morgan fingerprint density at radius 1 is 1.82 bits per heavy atom. The summed E-state index contributed by atoms with van der Waals surface area (Å²) < 4.78 is 0. The molecule has 0 aromatic rings. The van der Waals surface area contributed by atoms with E-state index in [0.29, 0.717) is 0 Å². The fourth-order valence-electron chi connectivity index (χ4n) is 0.412. The number of carboxylic acids is 1. The van der Waals surface area contributed by atoms with Crippen molar-refractivity contribution >= 4 is 32.1 Å².